The monoisotopic (exact) mass is 246 g/mol. The Balaban J connectivity index is 2.01. The summed E-state index contributed by atoms with van der Waals surface area (Å²) in [5, 5.41) is 9.18. The molecule has 0 bridgehead atoms. The summed E-state index contributed by atoms with van der Waals surface area (Å²) in [6.45, 7) is 1.89. The second-order valence-electron chi connectivity index (χ2n) is 4.81. The van der Waals surface area contributed by atoms with E-state index in [9.17, 15) is 9.90 Å². The maximum Gasteiger partial charge on any atom is 0.307 e. The van der Waals surface area contributed by atoms with Gasteiger partial charge < -0.3 is 9.52 Å². The number of oxazole rings is 1. The lowest BCUT2D eigenvalue weighted by Gasteiger charge is -2.10. The molecule has 2 atom stereocenters. The molecule has 2 aromatic rings. The molecule has 94 valence electrons. The highest BCUT2D eigenvalue weighted by Crippen LogP contribution is 2.40. The van der Waals surface area contributed by atoms with E-state index in [4.69, 9.17) is 4.42 Å². The summed E-state index contributed by atoms with van der Waals surface area (Å²) in [5.74, 6) is -0.729. The first-order valence-electron chi connectivity index (χ1n) is 6.12. The number of nitrogens with zero attached hydrogens (tertiary/aromatic N) is 2. The van der Waals surface area contributed by atoms with Crippen molar-refractivity contribution >= 4 is 17.2 Å². The lowest BCUT2D eigenvalue weighted by molar-refractivity contribution is -0.142. The second kappa shape index (κ2) is 4.08. The van der Waals surface area contributed by atoms with Gasteiger partial charge in [0, 0.05) is 11.6 Å². The van der Waals surface area contributed by atoms with Crippen molar-refractivity contribution < 1.29 is 14.3 Å². The number of aliphatic carboxylic acids is 1. The van der Waals surface area contributed by atoms with Gasteiger partial charge in [0.25, 0.3) is 0 Å². The fourth-order valence-electron chi connectivity index (χ4n) is 2.64. The van der Waals surface area contributed by atoms with Crippen LogP contribution < -0.4 is 0 Å². The van der Waals surface area contributed by atoms with Crippen LogP contribution in [0.15, 0.2) is 16.5 Å². The first-order valence-corrected chi connectivity index (χ1v) is 6.12. The molecule has 0 aliphatic heterocycles. The minimum absolute atomic E-state index is 0.114. The number of carboxylic acid groups (broad SMARTS) is 1. The largest absolute Gasteiger partial charge is 0.481 e. The molecular weight excluding hydrogens is 232 g/mol. The molecule has 1 aliphatic rings. The number of carboxylic acids is 1. The van der Waals surface area contributed by atoms with Gasteiger partial charge in [-0.1, -0.05) is 6.42 Å². The molecule has 0 amide bonds. The van der Waals surface area contributed by atoms with Crippen LogP contribution in [0, 0.1) is 12.8 Å². The van der Waals surface area contributed by atoms with E-state index in [-0.39, 0.29) is 11.8 Å². The lowest BCUT2D eigenvalue weighted by Crippen LogP contribution is -2.16. The summed E-state index contributed by atoms with van der Waals surface area (Å²) >= 11 is 0. The van der Waals surface area contributed by atoms with Crippen molar-refractivity contribution in [1.29, 1.82) is 0 Å². The number of hydrogen-bond donors (Lipinski definition) is 1. The Labute approximate surface area is 104 Å². The zero-order chi connectivity index (χ0) is 12.7. The van der Waals surface area contributed by atoms with E-state index in [0.29, 0.717) is 23.5 Å². The Morgan fingerprint density at radius 2 is 2.22 bits per heavy atom. The normalized spacial score (nSPS) is 23.6. The Hall–Kier alpha value is -1.91. The molecule has 1 N–H and O–H groups in total. The molecule has 0 aromatic carbocycles. The number of pyridine rings is 1. The zero-order valence-corrected chi connectivity index (χ0v) is 10.1. The van der Waals surface area contributed by atoms with E-state index in [1.807, 2.05) is 19.1 Å². The minimum Gasteiger partial charge on any atom is -0.481 e. The fourth-order valence-corrected chi connectivity index (χ4v) is 2.64. The average molecular weight is 246 g/mol. The van der Waals surface area contributed by atoms with E-state index in [1.165, 1.54) is 0 Å². The minimum atomic E-state index is -0.760. The summed E-state index contributed by atoms with van der Waals surface area (Å²) in [7, 11) is 0. The topological polar surface area (TPSA) is 76.2 Å². The molecule has 2 heterocycles. The molecule has 1 fully saturated rings. The second-order valence-corrected chi connectivity index (χ2v) is 4.81. The van der Waals surface area contributed by atoms with Gasteiger partial charge in [0.1, 0.15) is 0 Å². The van der Waals surface area contributed by atoms with E-state index in [2.05, 4.69) is 9.97 Å². The molecular formula is C13H14N2O3. The third kappa shape index (κ3) is 1.75. The molecule has 0 saturated heterocycles. The molecule has 1 aliphatic carbocycles. The lowest BCUT2D eigenvalue weighted by atomic mass is 9.96. The predicted octanol–water partition coefficient (Wildman–Crippen LogP) is 2.50. The maximum atomic E-state index is 11.2. The number of carbonyl (C=O) groups is 1. The van der Waals surface area contributed by atoms with Crippen LogP contribution in [-0.2, 0) is 4.79 Å². The molecule has 0 radical (unpaired) electrons. The summed E-state index contributed by atoms with van der Waals surface area (Å²) in [6, 6.07) is 3.69. The molecule has 0 spiro atoms. The van der Waals surface area contributed by atoms with Gasteiger partial charge in [-0.2, -0.15) is 4.98 Å². The summed E-state index contributed by atoms with van der Waals surface area (Å²) in [5.41, 5.74) is 2.08. The molecule has 3 rings (SSSR count). The third-order valence-electron chi connectivity index (χ3n) is 3.56. The third-order valence-corrected chi connectivity index (χ3v) is 3.56. The van der Waals surface area contributed by atoms with Crippen molar-refractivity contribution in [3.63, 3.8) is 0 Å². The average Bonchev–Trinajstić information content (AvgIpc) is 2.93. The molecule has 1 saturated carbocycles. The van der Waals surface area contributed by atoms with Gasteiger partial charge in [-0.25, -0.2) is 4.98 Å². The molecule has 2 unspecified atom stereocenters. The van der Waals surface area contributed by atoms with Gasteiger partial charge in [-0.05, 0) is 31.9 Å². The van der Waals surface area contributed by atoms with Crippen molar-refractivity contribution in [2.75, 3.05) is 0 Å². The molecule has 2 aromatic heterocycles. The van der Waals surface area contributed by atoms with Crippen molar-refractivity contribution in [3.05, 3.63) is 23.7 Å². The van der Waals surface area contributed by atoms with E-state index >= 15 is 0 Å². The quantitative estimate of drug-likeness (QED) is 0.880. The highest BCUT2D eigenvalue weighted by Gasteiger charge is 2.37. The van der Waals surface area contributed by atoms with Gasteiger partial charge in [0.05, 0.1) is 5.92 Å². The first-order chi connectivity index (χ1) is 8.65. The van der Waals surface area contributed by atoms with E-state index in [1.54, 1.807) is 0 Å². The Bertz CT molecular complexity index is 605. The number of aromatic nitrogens is 2. The molecule has 5 nitrogen and oxygen atoms in total. The van der Waals surface area contributed by atoms with Crippen LogP contribution in [0.2, 0.25) is 0 Å². The van der Waals surface area contributed by atoms with Gasteiger partial charge in [0.15, 0.2) is 11.2 Å². The van der Waals surface area contributed by atoms with Crippen molar-refractivity contribution in [2.45, 2.75) is 32.1 Å². The highest BCUT2D eigenvalue weighted by molar-refractivity contribution is 5.72. The van der Waals surface area contributed by atoms with Crippen LogP contribution in [0.5, 0.6) is 0 Å². The number of aryl methyl sites for hydroxylation is 1. The molecule has 5 heteroatoms. The SMILES string of the molecule is Cc1ccc2oc(C3CCCC3C(=O)O)nc2n1. The van der Waals surface area contributed by atoms with E-state index < -0.39 is 5.97 Å². The van der Waals surface area contributed by atoms with Crippen LogP contribution in [0.3, 0.4) is 0 Å². The van der Waals surface area contributed by atoms with Crippen LogP contribution in [0.4, 0.5) is 0 Å². The summed E-state index contributed by atoms with van der Waals surface area (Å²) < 4.78 is 5.65. The Morgan fingerprint density at radius 1 is 1.39 bits per heavy atom. The zero-order valence-electron chi connectivity index (χ0n) is 10.1. The van der Waals surface area contributed by atoms with Gasteiger partial charge in [-0.15, -0.1) is 0 Å². The Kier molecular flexibility index (Phi) is 2.54. The van der Waals surface area contributed by atoms with Gasteiger partial charge in [0.2, 0.25) is 5.89 Å². The van der Waals surface area contributed by atoms with Crippen molar-refractivity contribution in [2.24, 2.45) is 5.92 Å². The molecule has 18 heavy (non-hydrogen) atoms. The van der Waals surface area contributed by atoms with Crippen molar-refractivity contribution in [3.8, 4) is 0 Å². The number of rotatable bonds is 2. The maximum absolute atomic E-state index is 11.2. The van der Waals surface area contributed by atoms with Crippen molar-refractivity contribution in [1.82, 2.24) is 9.97 Å². The van der Waals surface area contributed by atoms with Crippen LogP contribution in [-0.4, -0.2) is 21.0 Å². The van der Waals surface area contributed by atoms with Gasteiger partial charge >= 0.3 is 5.97 Å². The summed E-state index contributed by atoms with van der Waals surface area (Å²) in [6.07, 6.45) is 2.43. The summed E-state index contributed by atoms with van der Waals surface area (Å²) in [4.78, 5) is 19.8. The smallest absolute Gasteiger partial charge is 0.307 e. The number of hydrogen-bond acceptors (Lipinski definition) is 4. The van der Waals surface area contributed by atoms with Gasteiger partial charge in [-0.3, -0.25) is 4.79 Å². The first kappa shape index (κ1) is 11.2. The van der Waals surface area contributed by atoms with Crippen LogP contribution in [0.25, 0.3) is 11.2 Å². The Morgan fingerprint density at radius 3 is 3.00 bits per heavy atom. The van der Waals surface area contributed by atoms with Crippen LogP contribution >= 0.6 is 0 Å². The predicted molar refractivity (Wildman–Crippen MR) is 64.3 cm³/mol. The van der Waals surface area contributed by atoms with Crippen LogP contribution in [0.1, 0.15) is 36.8 Å². The standard InChI is InChI=1S/C13H14N2O3/c1-7-5-6-10-11(14-7)15-12(18-10)8-3-2-4-9(8)13(16)17/h5-6,8-9H,2-4H2,1H3,(H,16,17). The van der Waals surface area contributed by atoms with E-state index in [0.717, 1.165) is 18.5 Å². The highest BCUT2D eigenvalue weighted by atomic mass is 16.4. The number of fused-ring (bicyclic) bond motifs is 1. The fraction of sp³-hybridized carbons (Fsp3) is 0.462.